The van der Waals surface area contributed by atoms with Crippen molar-refractivity contribution in [3.8, 4) is 28.7 Å². The van der Waals surface area contributed by atoms with Crippen molar-refractivity contribution < 1.29 is 20.1 Å². The van der Waals surface area contributed by atoms with Crippen LogP contribution < -0.4 is 9.64 Å². The Bertz CT molecular complexity index is 1370. The summed E-state index contributed by atoms with van der Waals surface area (Å²) in [6, 6.07) is 17.9. The van der Waals surface area contributed by atoms with Gasteiger partial charge < -0.3 is 25.0 Å². The molecule has 0 saturated heterocycles. The third-order valence-corrected chi connectivity index (χ3v) is 6.72. The Hall–Kier alpha value is -4.12. The van der Waals surface area contributed by atoms with E-state index in [2.05, 4.69) is 0 Å². The van der Waals surface area contributed by atoms with Crippen LogP contribution in [0.5, 0.6) is 28.7 Å². The van der Waals surface area contributed by atoms with Crippen LogP contribution in [-0.4, -0.2) is 15.3 Å². The molecule has 0 fully saturated rings. The van der Waals surface area contributed by atoms with Crippen LogP contribution in [0.2, 0.25) is 0 Å². The van der Waals surface area contributed by atoms with Crippen LogP contribution in [0, 0.1) is 41.5 Å². The summed E-state index contributed by atoms with van der Waals surface area (Å²) in [5.41, 5.74) is 7.60. The van der Waals surface area contributed by atoms with E-state index in [1.165, 1.54) is 0 Å². The third kappa shape index (κ3) is 4.50. The Kier molecular flexibility index (Phi) is 6.35. The second-order valence-corrected chi connectivity index (χ2v) is 9.07. The fraction of sp³-hybridized carbons (Fsp3) is 0.200. The predicted octanol–water partition coefficient (Wildman–Crippen LogP) is 7.92. The van der Waals surface area contributed by atoms with E-state index < -0.39 is 0 Å². The molecule has 4 rings (SSSR count). The summed E-state index contributed by atoms with van der Waals surface area (Å²) >= 11 is 0. The zero-order valence-corrected chi connectivity index (χ0v) is 21.0. The molecule has 4 aromatic rings. The summed E-state index contributed by atoms with van der Waals surface area (Å²) < 4.78 is 6.19. The van der Waals surface area contributed by atoms with Gasteiger partial charge in [0.1, 0.15) is 28.7 Å². The molecule has 0 bridgehead atoms. The van der Waals surface area contributed by atoms with Crippen molar-refractivity contribution in [1.29, 1.82) is 0 Å². The fourth-order valence-corrected chi connectivity index (χ4v) is 4.24. The number of anilines is 3. The van der Waals surface area contributed by atoms with Gasteiger partial charge in [-0.15, -0.1) is 0 Å². The van der Waals surface area contributed by atoms with Gasteiger partial charge in [0.25, 0.3) is 0 Å². The van der Waals surface area contributed by atoms with Crippen LogP contribution in [0.4, 0.5) is 17.1 Å². The first-order valence-corrected chi connectivity index (χ1v) is 11.5. The number of hydrogen-bond acceptors (Lipinski definition) is 5. The monoisotopic (exact) mass is 469 g/mol. The van der Waals surface area contributed by atoms with Gasteiger partial charge in [-0.05, 0) is 105 Å². The first-order chi connectivity index (χ1) is 16.6. The van der Waals surface area contributed by atoms with Crippen molar-refractivity contribution in [2.75, 3.05) is 4.90 Å². The largest absolute Gasteiger partial charge is 0.508 e. The topological polar surface area (TPSA) is 73.2 Å². The SMILES string of the molecule is Cc1cc(O)cc(Oc2cccc(N(c3c(O)ccc(C)c3C)c3c(O)ccc(C)c3C)c2)c1C. The Balaban J connectivity index is 1.93. The molecule has 0 aromatic heterocycles. The molecule has 5 nitrogen and oxygen atoms in total. The Morgan fingerprint density at radius 1 is 0.600 bits per heavy atom. The summed E-state index contributed by atoms with van der Waals surface area (Å²) in [5.74, 6) is 1.49. The Labute approximate surface area is 206 Å². The number of phenolic OH excluding ortho intramolecular Hbond substituents is 3. The number of phenols is 3. The number of aromatic hydroxyl groups is 3. The van der Waals surface area contributed by atoms with Crippen molar-refractivity contribution in [1.82, 2.24) is 0 Å². The van der Waals surface area contributed by atoms with Crippen molar-refractivity contribution in [2.24, 2.45) is 0 Å². The molecule has 35 heavy (non-hydrogen) atoms. The summed E-state index contributed by atoms with van der Waals surface area (Å²) in [5, 5.41) is 32.0. The van der Waals surface area contributed by atoms with E-state index in [-0.39, 0.29) is 17.2 Å². The zero-order valence-electron chi connectivity index (χ0n) is 21.0. The lowest BCUT2D eigenvalue weighted by molar-refractivity contribution is 0.452. The lowest BCUT2D eigenvalue weighted by atomic mass is 10.0. The number of rotatable bonds is 5. The van der Waals surface area contributed by atoms with E-state index in [9.17, 15) is 15.3 Å². The highest BCUT2D eigenvalue weighted by atomic mass is 16.5. The van der Waals surface area contributed by atoms with E-state index in [4.69, 9.17) is 4.74 Å². The molecular weight excluding hydrogens is 438 g/mol. The van der Waals surface area contributed by atoms with E-state index in [0.29, 0.717) is 28.6 Å². The Morgan fingerprint density at radius 2 is 1.17 bits per heavy atom. The van der Waals surface area contributed by atoms with E-state index in [0.717, 1.165) is 33.4 Å². The quantitative estimate of drug-likeness (QED) is 0.277. The van der Waals surface area contributed by atoms with Gasteiger partial charge in [0.15, 0.2) is 0 Å². The molecule has 0 saturated carbocycles. The molecule has 0 radical (unpaired) electrons. The highest BCUT2D eigenvalue weighted by Gasteiger charge is 2.24. The molecule has 0 heterocycles. The molecule has 0 aliphatic rings. The third-order valence-electron chi connectivity index (χ3n) is 6.72. The van der Waals surface area contributed by atoms with Crippen molar-refractivity contribution in [3.05, 3.63) is 94.0 Å². The molecule has 5 heteroatoms. The van der Waals surface area contributed by atoms with Crippen molar-refractivity contribution >= 4 is 17.1 Å². The van der Waals surface area contributed by atoms with Gasteiger partial charge >= 0.3 is 0 Å². The van der Waals surface area contributed by atoms with E-state index >= 15 is 0 Å². The normalized spacial score (nSPS) is 10.9. The van der Waals surface area contributed by atoms with Crippen LogP contribution in [0.15, 0.2) is 60.7 Å². The van der Waals surface area contributed by atoms with Gasteiger partial charge in [0, 0.05) is 12.1 Å². The number of aryl methyl sites for hydroxylation is 3. The number of ether oxygens (including phenoxy) is 1. The average Bonchev–Trinajstić information content (AvgIpc) is 2.81. The number of nitrogens with zero attached hydrogens (tertiary/aromatic N) is 1. The average molecular weight is 470 g/mol. The molecule has 0 unspecified atom stereocenters. The van der Waals surface area contributed by atoms with Crippen molar-refractivity contribution in [3.63, 3.8) is 0 Å². The minimum atomic E-state index is 0.110. The summed E-state index contributed by atoms with van der Waals surface area (Å²) in [6.07, 6.45) is 0. The molecule has 0 aliphatic carbocycles. The number of hydrogen-bond donors (Lipinski definition) is 3. The first kappa shape index (κ1) is 24.0. The summed E-state index contributed by atoms with van der Waals surface area (Å²) in [6.45, 7) is 11.8. The molecule has 3 N–H and O–H groups in total. The van der Waals surface area contributed by atoms with Crippen LogP contribution in [0.3, 0.4) is 0 Å². The van der Waals surface area contributed by atoms with Gasteiger partial charge in [-0.2, -0.15) is 0 Å². The standard InChI is InChI=1S/C30H31NO4/c1-17-10-12-26(33)29(21(17)5)31(30-22(6)18(2)11-13-27(30)34)23-8-7-9-25(15-23)35-28-16-24(32)14-19(3)20(28)4/h7-16,32-34H,1-6H3. The molecular formula is C30H31NO4. The second-order valence-electron chi connectivity index (χ2n) is 9.07. The van der Waals surface area contributed by atoms with E-state index in [1.807, 2.05) is 82.8 Å². The lowest BCUT2D eigenvalue weighted by Gasteiger charge is -2.31. The van der Waals surface area contributed by atoms with Gasteiger partial charge in [-0.25, -0.2) is 0 Å². The summed E-state index contributed by atoms with van der Waals surface area (Å²) in [7, 11) is 0. The smallest absolute Gasteiger partial charge is 0.139 e. The van der Waals surface area contributed by atoms with Gasteiger partial charge in [0.2, 0.25) is 0 Å². The molecule has 180 valence electrons. The highest BCUT2D eigenvalue weighted by Crippen LogP contribution is 2.48. The lowest BCUT2D eigenvalue weighted by Crippen LogP contribution is -2.14. The molecule has 0 atom stereocenters. The predicted molar refractivity (Wildman–Crippen MR) is 141 cm³/mol. The van der Waals surface area contributed by atoms with Crippen LogP contribution in [0.1, 0.15) is 33.4 Å². The maximum Gasteiger partial charge on any atom is 0.139 e. The van der Waals surface area contributed by atoms with Crippen molar-refractivity contribution in [2.45, 2.75) is 41.5 Å². The fourth-order valence-electron chi connectivity index (χ4n) is 4.24. The Morgan fingerprint density at radius 3 is 1.74 bits per heavy atom. The summed E-state index contributed by atoms with van der Waals surface area (Å²) in [4.78, 5) is 1.88. The van der Waals surface area contributed by atoms with Gasteiger partial charge in [-0.1, -0.05) is 18.2 Å². The minimum absolute atomic E-state index is 0.110. The van der Waals surface area contributed by atoms with Crippen LogP contribution in [0.25, 0.3) is 0 Å². The molecule has 4 aromatic carbocycles. The van der Waals surface area contributed by atoms with Gasteiger partial charge in [0.05, 0.1) is 17.1 Å². The zero-order chi connectivity index (χ0) is 25.4. The highest BCUT2D eigenvalue weighted by molar-refractivity contribution is 5.87. The maximum absolute atomic E-state index is 11.0. The maximum atomic E-state index is 11.0. The molecule has 0 amide bonds. The first-order valence-electron chi connectivity index (χ1n) is 11.5. The van der Waals surface area contributed by atoms with Gasteiger partial charge in [-0.3, -0.25) is 0 Å². The van der Waals surface area contributed by atoms with Crippen LogP contribution >= 0.6 is 0 Å². The second kappa shape index (κ2) is 9.26. The van der Waals surface area contributed by atoms with E-state index in [1.54, 1.807) is 24.3 Å². The molecule has 0 spiro atoms. The number of benzene rings is 4. The molecule has 0 aliphatic heterocycles. The minimum Gasteiger partial charge on any atom is -0.508 e. The van der Waals surface area contributed by atoms with Crippen LogP contribution in [-0.2, 0) is 0 Å².